The van der Waals surface area contributed by atoms with E-state index < -0.39 is 6.10 Å². The van der Waals surface area contributed by atoms with Crippen LogP contribution in [0.15, 0.2) is 0 Å². The first-order valence-corrected chi connectivity index (χ1v) is 7.33. The molecule has 19 heavy (non-hydrogen) atoms. The lowest BCUT2D eigenvalue weighted by Gasteiger charge is -2.23. The minimum Gasteiger partial charge on any atom is -0.389 e. The highest BCUT2D eigenvalue weighted by Gasteiger charge is 2.13. The van der Waals surface area contributed by atoms with Crippen LogP contribution in [-0.4, -0.2) is 63.4 Å². The fourth-order valence-corrected chi connectivity index (χ4v) is 2.18. The molecule has 0 radical (unpaired) electrons. The van der Waals surface area contributed by atoms with Gasteiger partial charge in [-0.2, -0.15) is 0 Å². The summed E-state index contributed by atoms with van der Waals surface area (Å²) in [5.74, 6) is 0. The minimum atomic E-state index is -0.466. The van der Waals surface area contributed by atoms with E-state index in [9.17, 15) is 5.11 Å². The quantitative estimate of drug-likeness (QED) is 0.581. The molecule has 0 aromatic carbocycles. The molecule has 2 N–H and O–H groups in total. The summed E-state index contributed by atoms with van der Waals surface area (Å²) in [6.45, 7) is 5.18. The fraction of sp³-hybridized carbons (Fsp3) is 1.00. The Morgan fingerprint density at radius 1 is 1.37 bits per heavy atom. The second kappa shape index (κ2) is 10.6. The Bertz CT molecular complexity index is 210. The number of aliphatic hydroxyl groups is 1. The summed E-state index contributed by atoms with van der Waals surface area (Å²) in [4.78, 5) is 0. The van der Waals surface area contributed by atoms with Gasteiger partial charge in [0.1, 0.15) is 0 Å². The molecule has 1 saturated heterocycles. The maximum Gasteiger partial charge on any atom is 0.0897 e. The van der Waals surface area contributed by atoms with Gasteiger partial charge in [-0.1, -0.05) is 0 Å². The monoisotopic (exact) mass is 275 g/mol. The number of aliphatic hydroxyl groups excluding tert-OH is 1. The Morgan fingerprint density at radius 2 is 2.21 bits per heavy atom. The molecular formula is C14H29NO4. The number of rotatable bonds is 10. The van der Waals surface area contributed by atoms with Crippen LogP contribution < -0.4 is 5.32 Å². The molecule has 0 aromatic rings. The lowest BCUT2D eigenvalue weighted by atomic mass is 10.1. The minimum absolute atomic E-state index is 0.0234. The van der Waals surface area contributed by atoms with Gasteiger partial charge in [0, 0.05) is 20.3 Å². The molecule has 5 nitrogen and oxygen atoms in total. The predicted molar refractivity (Wildman–Crippen MR) is 74.4 cm³/mol. The number of nitrogens with one attached hydrogen (secondary N) is 1. The molecule has 1 fully saturated rings. The molecule has 0 aliphatic carbocycles. The zero-order valence-electron chi connectivity index (χ0n) is 12.3. The third-order valence-corrected chi connectivity index (χ3v) is 3.27. The van der Waals surface area contributed by atoms with Gasteiger partial charge in [0.15, 0.2) is 0 Å². The summed E-state index contributed by atoms with van der Waals surface area (Å²) in [7, 11) is 1.64. The summed E-state index contributed by atoms with van der Waals surface area (Å²) < 4.78 is 16.1. The van der Waals surface area contributed by atoms with Gasteiger partial charge in [-0.05, 0) is 39.2 Å². The average Bonchev–Trinajstić information content (AvgIpc) is 2.43. The van der Waals surface area contributed by atoms with E-state index in [-0.39, 0.29) is 6.10 Å². The first-order chi connectivity index (χ1) is 9.22. The van der Waals surface area contributed by atoms with Gasteiger partial charge in [-0.3, -0.25) is 0 Å². The van der Waals surface area contributed by atoms with Gasteiger partial charge in [-0.25, -0.2) is 0 Å². The van der Waals surface area contributed by atoms with E-state index >= 15 is 0 Å². The fourth-order valence-electron chi connectivity index (χ4n) is 2.18. The molecule has 0 aromatic heterocycles. The van der Waals surface area contributed by atoms with Crippen LogP contribution in [0.3, 0.4) is 0 Å². The van der Waals surface area contributed by atoms with Crippen molar-refractivity contribution < 1.29 is 19.3 Å². The number of hydrogen-bond donors (Lipinski definition) is 2. The molecule has 0 amide bonds. The second-order valence-electron chi connectivity index (χ2n) is 5.23. The van der Waals surface area contributed by atoms with Crippen LogP contribution in [0.5, 0.6) is 0 Å². The largest absolute Gasteiger partial charge is 0.389 e. The van der Waals surface area contributed by atoms with Crippen molar-refractivity contribution in [2.24, 2.45) is 0 Å². The summed E-state index contributed by atoms with van der Waals surface area (Å²) in [6.07, 6.45) is 4.62. The van der Waals surface area contributed by atoms with Crippen molar-refractivity contribution in [2.75, 3.05) is 40.0 Å². The summed E-state index contributed by atoms with van der Waals surface area (Å²) in [6, 6.07) is 0. The van der Waals surface area contributed by atoms with Gasteiger partial charge in [0.25, 0.3) is 0 Å². The van der Waals surface area contributed by atoms with Crippen LogP contribution in [0.1, 0.15) is 32.6 Å². The number of hydrogen-bond acceptors (Lipinski definition) is 5. The van der Waals surface area contributed by atoms with Crippen LogP contribution >= 0.6 is 0 Å². The third-order valence-electron chi connectivity index (χ3n) is 3.27. The maximum absolute atomic E-state index is 9.74. The highest BCUT2D eigenvalue weighted by molar-refractivity contribution is 4.66. The van der Waals surface area contributed by atoms with Gasteiger partial charge in [-0.15, -0.1) is 0 Å². The standard InChI is InChI=1S/C14H29NO4/c1-12(10-17-2)19-11-13(16)9-15-7-6-14-5-3-4-8-18-14/h12-16H,3-11H2,1-2H3. The molecular weight excluding hydrogens is 246 g/mol. The van der Waals surface area contributed by atoms with Crippen molar-refractivity contribution in [3.63, 3.8) is 0 Å². The zero-order chi connectivity index (χ0) is 13.9. The Morgan fingerprint density at radius 3 is 2.89 bits per heavy atom. The van der Waals surface area contributed by atoms with Gasteiger partial charge in [0.2, 0.25) is 0 Å². The summed E-state index contributed by atoms with van der Waals surface area (Å²) in [5.41, 5.74) is 0. The van der Waals surface area contributed by atoms with Crippen LogP contribution in [-0.2, 0) is 14.2 Å². The van der Waals surface area contributed by atoms with Crippen LogP contribution in [0.2, 0.25) is 0 Å². The van der Waals surface area contributed by atoms with Gasteiger partial charge in [0.05, 0.1) is 31.5 Å². The van der Waals surface area contributed by atoms with E-state index in [1.54, 1.807) is 7.11 Å². The van der Waals surface area contributed by atoms with Crippen molar-refractivity contribution in [3.8, 4) is 0 Å². The highest BCUT2D eigenvalue weighted by atomic mass is 16.5. The first kappa shape index (κ1) is 16.9. The molecule has 3 atom stereocenters. The summed E-state index contributed by atoms with van der Waals surface area (Å²) >= 11 is 0. The van der Waals surface area contributed by atoms with Crippen molar-refractivity contribution in [3.05, 3.63) is 0 Å². The highest BCUT2D eigenvalue weighted by Crippen LogP contribution is 2.14. The third kappa shape index (κ3) is 8.55. The molecule has 1 heterocycles. The van der Waals surface area contributed by atoms with Crippen molar-refractivity contribution in [2.45, 2.75) is 50.9 Å². The summed E-state index contributed by atoms with van der Waals surface area (Å²) in [5, 5.41) is 13.0. The lowest BCUT2D eigenvalue weighted by molar-refractivity contribution is -0.0315. The van der Waals surface area contributed by atoms with E-state index in [1.165, 1.54) is 19.3 Å². The molecule has 1 rings (SSSR count). The number of ether oxygens (including phenoxy) is 3. The van der Waals surface area contributed by atoms with Crippen molar-refractivity contribution in [1.29, 1.82) is 0 Å². The van der Waals surface area contributed by atoms with Crippen LogP contribution in [0.25, 0.3) is 0 Å². The topological polar surface area (TPSA) is 60.0 Å². The van der Waals surface area contributed by atoms with Crippen molar-refractivity contribution in [1.82, 2.24) is 5.32 Å². The molecule has 3 unspecified atom stereocenters. The lowest BCUT2D eigenvalue weighted by Crippen LogP contribution is -2.34. The Kier molecular flexibility index (Phi) is 9.38. The van der Waals surface area contributed by atoms with Crippen LogP contribution in [0, 0.1) is 0 Å². The smallest absolute Gasteiger partial charge is 0.0897 e. The zero-order valence-corrected chi connectivity index (χ0v) is 12.3. The van der Waals surface area contributed by atoms with Crippen molar-refractivity contribution >= 4 is 0 Å². The maximum atomic E-state index is 9.74. The van der Waals surface area contributed by atoms with E-state index in [1.807, 2.05) is 6.92 Å². The normalized spacial score (nSPS) is 23.2. The van der Waals surface area contributed by atoms with E-state index in [4.69, 9.17) is 14.2 Å². The van der Waals surface area contributed by atoms with Gasteiger partial charge < -0.3 is 24.6 Å². The molecule has 0 spiro atoms. The van der Waals surface area contributed by atoms with E-state index in [0.29, 0.717) is 25.9 Å². The Balaban J connectivity index is 1.93. The van der Waals surface area contributed by atoms with Gasteiger partial charge >= 0.3 is 0 Å². The SMILES string of the molecule is COCC(C)OCC(O)CNCCC1CCCCO1. The predicted octanol–water partition coefficient (Wildman–Crippen LogP) is 0.948. The molecule has 114 valence electrons. The number of methoxy groups -OCH3 is 1. The molecule has 0 saturated carbocycles. The van der Waals surface area contributed by atoms with E-state index in [0.717, 1.165) is 19.6 Å². The molecule has 5 heteroatoms. The molecule has 1 aliphatic heterocycles. The molecule has 1 aliphatic rings. The molecule has 0 bridgehead atoms. The average molecular weight is 275 g/mol. The van der Waals surface area contributed by atoms with Crippen LogP contribution in [0.4, 0.5) is 0 Å². The first-order valence-electron chi connectivity index (χ1n) is 7.33. The Hall–Kier alpha value is -0.200. The Labute approximate surface area is 116 Å². The second-order valence-corrected chi connectivity index (χ2v) is 5.23. The van der Waals surface area contributed by atoms with E-state index in [2.05, 4.69) is 5.32 Å².